The van der Waals surface area contributed by atoms with Gasteiger partial charge in [0, 0.05) is 17.3 Å². The summed E-state index contributed by atoms with van der Waals surface area (Å²) < 4.78 is 18.2. The van der Waals surface area contributed by atoms with E-state index in [0.717, 1.165) is 0 Å². The zero-order valence-electron chi connectivity index (χ0n) is 11.3. The van der Waals surface area contributed by atoms with Gasteiger partial charge in [-0.25, -0.2) is 4.39 Å². The number of nitrogens with one attached hydrogen (secondary N) is 1. The normalized spacial score (nSPS) is 9.67. The number of benzene rings is 1. The Kier molecular flexibility index (Phi) is 4.93. The average Bonchev–Trinajstić information content (AvgIpc) is 2.95. The first-order valence-electron chi connectivity index (χ1n) is 6.07. The van der Waals surface area contributed by atoms with Crippen LogP contribution in [-0.4, -0.2) is 19.6 Å². The molecule has 0 spiro atoms. The van der Waals surface area contributed by atoms with E-state index in [-0.39, 0.29) is 18.2 Å². The number of hydrogen-bond acceptors (Lipinski definition) is 4. The van der Waals surface area contributed by atoms with Crippen LogP contribution < -0.4 is 15.8 Å². The SMILES string of the molecule is COc1cc(NC(=O)c2sccc2C#CCN)ccc1F. The van der Waals surface area contributed by atoms with E-state index in [0.29, 0.717) is 16.1 Å². The zero-order chi connectivity index (χ0) is 15.2. The number of carbonyl (C=O) groups is 1. The molecular weight excluding hydrogens is 291 g/mol. The molecule has 0 aliphatic rings. The highest BCUT2D eigenvalue weighted by molar-refractivity contribution is 7.12. The lowest BCUT2D eigenvalue weighted by Gasteiger charge is -2.07. The molecule has 0 radical (unpaired) electrons. The van der Waals surface area contributed by atoms with E-state index < -0.39 is 5.82 Å². The highest BCUT2D eigenvalue weighted by Gasteiger charge is 2.13. The van der Waals surface area contributed by atoms with Crippen LogP contribution in [0.15, 0.2) is 29.6 Å². The van der Waals surface area contributed by atoms with Gasteiger partial charge in [-0.2, -0.15) is 0 Å². The Morgan fingerprint density at radius 2 is 2.29 bits per heavy atom. The van der Waals surface area contributed by atoms with Gasteiger partial charge in [-0.05, 0) is 23.6 Å². The molecule has 1 aromatic carbocycles. The fourth-order valence-electron chi connectivity index (χ4n) is 1.66. The molecule has 3 N–H and O–H groups in total. The van der Waals surface area contributed by atoms with Gasteiger partial charge in [-0.15, -0.1) is 11.3 Å². The van der Waals surface area contributed by atoms with Crippen LogP contribution in [0.4, 0.5) is 10.1 Å². The molecule has 2 aromatic rings. The summed E-state index contributed by atoms with van der Waals surface area (Å²) in [4.78, 5) is 12.7. The Hall–Kier alpha value is -2.36. The molecule has 2 rings (SSSR count). The van der Waals surface area contributed by atoms with Crippen LogP contribution in [0.2, 0.25) is 0 Å². The lowest BCUT2D eigenvalue weighted by atomic mass is 10.2. The first kappa shape index (κ1) is 15.0. The molecule has 0 unspecified atom stereocenters. The van der Waals surface area contributed by atoms with Gasteiger partial charge in [0.1, 0.15) is 4.88 Å². The smallest absolute Gasteiger partial charge is 0.267 e. The second-order valence-corrected chi connectivity index (χ2v) is 4.89. The maximum absolute atomic E-state index is 13.3. The van der Waals surface area contributed by atoms with Crippen LogP contribution in [0.1, 0.15) is 15.2 Å². The summed E-state index contributed by atoms with van der Waals surface area (Å²) in [6.07, 6.45) is 0. The molecule has 1 aromatic heterocycles. The Morgan fingerprint density at radius 3 is 3.00 bits per heavy atom. The second kappa shape index (κ2) is 6.88. The van der Waals surface area contributed by atoms with Crippen LogP contribution in [-0.2, 0) is 0 Å². The third-order valence-corrected chi connectivity index (χ3v) is 3.52. The molecule has 0 fully saturated rings. The van der Waals surface area contributed by atoms with Crippen LogP contribution in [0, 0.1) is 17.7 Å². The van der Waals surface area contributed by atoms with Crippen molar-refractivity contribution in [3.63, 3.8) is 0 Å². The Labute approximate surface area is 125 Å². The topological polar surface area (TPSA) is 64.3 Å². The summed E-state index contributed by atoms with van der Waals surface area (Å²) in [5.74, 6) is 4.83. The third kappa shape index (κ3) is 3.60. The number of rotatable bonds is 3. The fraction of sp³-hybridized carbons (Fsp3) is 0.133. The first-order valence-corrected chi connectivity index (χ1v) is 6.95. The number of nitrogens with two attached hydrogens (primary N) is 1. The number of halogens is 1. The molecule has 0 bridgehead atoms. The summed E-state index contributed by atoms with van der Waals surface area (Å²) in [7, 11) is 1.36. The van der Waals surface area contributed by atoms with Crippen LogP contribution >= 0.6 is 11.3 Å². The summed E-state index contributed by atoms with van der Waals surface area (Å²) in [5.41, 5.74) is 6.39. The van der Waals surface area contributed by atoms with Gasteiger partial charge >= 0.3 is 0 Å². The fourth-order valence-corrected chi connectivity index (χ4v) is 2.40. The Balaban J connectivity index is 2.20. The van der Waals surface area contributed by atoms with Crippen molar-refractivity contribution in [1.82, 2.24) is 0 Å². The van der Waals surface area contributed by atoms with Crippen LogP contribution in [0.5, 0.6) is 5.75 Å². The summed E-state index contributed by atoms with van der Waals surface area (Å²) in [6, 6.07) is 5.88. The number of amides is 1. The molecule has 21 heavy (non-hydrogen) atoms. The van der Waals surface area contributed by atoms with Gasteiger partial charge in [-0.1, -0.05) is 11.8 Å². The number of carbonyl (C=O) groups excluding carboxylic acids is 1. The van der Waals surface area contributed by atoms with Gasteiger partial charge in [0.25, 0.3) is 5.91 Å². The minimum Gasteiger partial charge on any atom is -0.494 e. The lowest BCUT2D eigenvalue weighted by molar-refractivity contribution is 0.103. The number of hydrogen-bond donors (Lipinski definition) is 2. The highest BCUT2D eigenvalue weighted by Crippen LogP contribution is 2.23. The molecule has 6 heteroatoms. The molecule has 4 nitrogen and oxygen atoms in total. The molecule has 108 valence electrons. The predicted octanol–water partition coefficient (Wildman–Crippen LogP) is 2.46. The van der Waals surface area contributed by atoms with E-state index in [1.807, 2.05) is 0 Å². The molecule has 1 heterocycles. The quantitative estimate of drug-likeness (QED) is 0.856. The standard InChI is InChI=1S/C15H13FN2O2S/c1-20-13-9-11(4-5-12(13)16)18-15(19)14-10(3-2-7-17)6-8-21-14/h4-6,8-9H,7,17H2,1H3,(H,18,19). The number of thiophene rings is 1. The minimum atomic E-state index is -0.485. The molecule has 0 saturated carbocycles. The van der Waals surface area contributed by atoms with Crippen molar-refractivity contribution in [2.24, 2.45) is 5.73 Å². The van der Waals surface area contributed by atoms with Gasteiger partial charge in [0.05, 0.1) is 13.7 Å². The largest absolute Gasteiger partial charge is 0.494 e. The maximum atomic E-state index is 13.3. The molecule has 1 amide bonds. The highest BCUT2D eigenvalue weighted by atomic mass is 32.1. The van der Waals surface area contributed by atoms with Crippen molar-refractivity contribution in [1.29, 1.82) is 0 Å². The number of methoxy groups -OCH3 is 1. The molecule has 0 saturated heterocycles. The minimum absolute atomic E-state index is 0.0714. The zero-order valence-corrected chi connectivity index (χ0v) is 12.1. The van der Waals surface area contributed by atoms with E-state index in [9.17, 15) is 9.18 Å². The van der Waals surface area contributed by atoms with Gasteiger partial charge < -0.3 is 15.8 Å². The van der Waals surface area contributed by atoms with Gasteiger partial charge in [-0.3, -0.25) is 4.79 Å². The van der Waals surface area contributed by atoms with Crippen LogP contribution in [0.3, 0.4) is 0 Å². The van der Waals surface area contributed by atoms with E-state index in [1.165, 1.54) is 36.6 Å². The summed E-state index contributed by atoms with van der Waals surface area (Å²) in [5, 5.41) is 4.47. The van der Waals surface area contributed by atoms with E-state index in [2.05, 4.69) is 17.2 Å². The van der Waals surface area contributed by atoms with Crippen molar-refractivity contribution in [2.75, 3.05) is 19.0 Å². The lowest BCUT2D eigenvalue weighted by Crippen LogP contribution is -2.11. The van der Waals surface area contributed by atoms with E-state index in [4.69, 9.17) is 10.5 Å². The van der Waals surface area contributed by atoms with Crippen LogP contribution in [0.25, 0.3) is 0 Å². The number of anilines is 1. The van der Waals surface area contributed by atoms with Crippen molar-refractivity contribution < 1.29 is 13.9 Å². The molecule has 0 aliphatic carbocycles. The Morgan fingerprint density at radius 1 is 1.48 bits per heavy atom. The van der Waals surface area contributed by atoms with E-state index in [1.54, 1.807) is 11.4 Å². The third-order valence-electron chi connectivity index (χ3n) is 2.61. The second-order valence-electron chi connectivity index (χ2n) is 3.97. The summed E-state index contributed by atoms with van der Waals surface area (Å²) in [6.45, 7) is 0.228. The number of ether oxygens (including phenoxy) is 1. The molecule has 0 atom stereocenters. The van der Waals surface area contributed by atoms with Crippen molar-refractivity contribution in [3.05, 3.63) is 45.9 Å². The molecular formula is C15H13FN2O2S. The van der Waals surface area contributed by atoms with Crippen molar-refractivity contribution >= 4 is 22.9 Å². The molecule has 0 aliphatic heterocycles. The summed E-state index contributed by atoms with van der Waals surface area (Å²) >= 11 is 1.28. The average molecular weight is 304 g/mol. The monoisotopic (exact) mass is 304 g/mol. The van der Waals surface area contributed by atoms with Gasteiger partial charge in [0.15, 0.2) is 11.6 Å². The van der Waals surface area contributed by atoms with Gasteiger partial charge in [0.2, 0.25) is 0 Å². The predicted molar refractivity (Wildman–Crippen MR) is 81.2 cm³/mol. The first-order chi connectivity index (χ1) is 10.2. The van der Waals surface area contributed by atoms with Crippen molar-refractivity contribution in [3.8, 4) is 17.6 Å². The maximum Gasteiger partial charge on any atom is 0.267 e. The van der Waals surface area contributed by atoms with Crippen molar-refractivity contribution in [2.45, 2.75) is 0 Å². The van der Waals surface area contributed by atoms with E-state index >= 15 is 0 Å². The Bertz CT molecular complexity index is 716.